The number of aliphatic carboxylic acids is 1. The summed E-state index contributed by atoms with van der Waals surface area (Å²) in [5, 5.41) is 20.1. The van der Waals surface area contributed by atoms with E-state index in [0.29, 0.717) is 30.3 Å². The molecule has 0 unspecified atom stereocenters. The summed E-state index contributed by atoms with van der Waals surface area (Å²) >= 11 is 0. The molecule has 0 aliphatic rings. The van der Waals surface area contributed by atoms with Crippen molar-refractivity contribution in [3.05, 3.63) is 54.1 Å². The fourth-order valence-corrected chi connectivity index (χ4v) is 3.42. The molecule has 0 fully saturated rings. The number of carboxylic acid groups (broad SMARTS) is 1. The highest BCUT2D eigenvalue weighted by Crippen LogP contribution is 2.29. The van der Waals surface area contributed by atoms with E-state index >= 15 is 0 Å². The van der Waals surface area contributed by atoms with Gasteiger partial charge >= 0.3 is 5.97 Å². The van der Waals surface area contributed by atoms with Crippen molar-refractivity contribution < 1.29 is 29.0 Å². The van der Waals surface area contributed by atoms with Gasteiger partial charge in [-0.05, 0) is 61.7 Å². The number of carboxylic acids is 1. The van der Waals surface area contributed by atoms with Crippen LogP contribution >= 0.6 is 0 Å². The molecule has 2 aromatic rings. The minimum absolute atomic E-state index is 0.0711. The van der Waals surface area contributed by atoms with Crippen LogP contribution in [0.15, 0.2) is 53.5 Å². The van der Waals surface area contributed by atoms with Gasteiger partial charge in [0.15, 0.2) is 5.96 Å². The molecule has 0 radical (unpaired) electrons. The third-order valence-corrected chi connectivity index (χ3v) is 6.74. The lowest BCUT2D eigenvalue weighted by atomic mass is 9.76. The molecule has 0 aromatic heterocycles. The molecule has 0 aliphatic heterocycles. The smallest absolute Gasteiger partial charge is 0.305 e. The second-order valence-electron chi connectivity index (χ2n) is 11.2. The Morgan fingerprint density at radius 2 is 1.67 bits per heavy atom. The van der Waals surface area contributed by atoms with Gasteiger partial charge in [-0.1, -0.05) is 26.8 Å². The molecule has 0 saturated heterocycles. The second-order valence-corrected chi connectivity index (χ2v) is 11.2. The Kier molecular flexibility index (Phi) is 11.8. The van der Waals surface area contributed by atoms with Crippen molar-refractivity contribution in [1.82, 2.24) is 16.0 Å². The zero-order valence-electron chi connectivity index (χ0n) is 24.6. The molecule has 13 heteroatoms. The van der Waals surface area contributed by atoms with Crippen molar-refractivity contribution in [1.29, 1.82) is 0 Å². The van der Waals surface area contributed by atoms with E-state index in [1.54, 1.807) is 36.4 Å². The molecule has 42 heavy (non-hydrogen) atoms. The second kappa shape index (κ2) is 14.8. The minimum atomic E-state index is -1.38. The van der Waals surface area contributed by atoms with Gasteiger partial charge in [-0.3, -0.25) is 19.2 Å². The van der Waals surface area contributed by atoms with Gasteiger partial charge in [-0.15, -0.1) is 0 Å². The Bertz CT molecular complexity index is 1280. The standard InChI is InChI=1S/C29H41N7O6/c1-28(2,3)29(4,5)33-13-14-42-21-11-9-19(10-12-21)34-26(41)22(16-24(38)39)36-23(37)17-32-25(40)18-7-6-8-20(15-18)35-27(30)31/h6-12,15,22,33H,13-14,16-17H2,1-5H3,(H,32,40)(H,34,41)(H,36,37)(H,38,39)(H4,30,31,35)/t22-/m0/s1. The number of hydrogen-bond acceptors (Lipinski definition) is 7. The van der Waals surface area contributed by atoms with Gasteiger partial charge in [0.1, 0.15) is 18.4 Å². The zero-order valence-corrected chi connectivity index (χ0v) is 24.6. The van der Waals surface area contributed by atoms with Gasteiger partial charge in [0.05, 0.1) is 18.7 Å². The van der Waals surface area contributed by atoms with Crippen LogP contribution in [0.2, 0.25) is 0 Å². The van der Waals surface area contributed by atoms with Crippen LogP contribution in [-0.4, -0.2) is 66.0 Å². The molecule has 2 rings (SSSR count). The molecule has 228 valence electrons. The summed E-state index contributed by atoms with van der Waals surface area (Å²) in [4.78, 5) is 52.9. The van der Waals surface area contributed by atoms with Crippen molar-refractivity contribution >= 4 is 41.0 Å². The van der Waals surface area contributed by atoms with E-state index in [9.17, 15) is 24.3 Å². The number of benzene rings is 2. The topological polar surface area (TPSA) is 210 Å². The Labute approximate surface area is 245 Å². The average molecular weight is 584 g/mol. The van der Waals surface area contributed by atoms with Crippen molar-refractivity contribution in [3.63, 3.8) is 0 Å². The highest BCUT2D eigenvalue weighted by Gasteiger charge is 2.31. The first-order valence-corrected chi connectivity index (χ1v) is 13.4. The van der Waals surface area contributed by atoms with Crippen molar-refractivity contribution in [3.8, 4) is 5.75 Å². The van der Waals surface area contributed by atoms with E-state index in [1.807, 2.05) is 0 Å². The van der Waals surface area contributed by atoms with Gasteiger partial charge < -0.3 is 42.6 Å². The maximum Gasteiger partial charge on any atom is 0.305 e. The predicted octanol–water partition coefficient (Wildman–Crippen LogP) is 1.71. The maximum atomic E-state index is 12.8. The van der Waals surface area contributed by atoms with Crippen LogP contribution in [0.25, 0.3) is 0 Å². The quantitative estimate of drug-likeness (QED) is 0.0979. The maximum absolute atomic E-state index is 12.8. The molecule has 3 amide bonds. The van der Waals surface area contributed by atoms with Crippen LogP contribution in [0.4, 0.5) is 11.4 Å². The van der Waals surface area contributed by atoms with E-state index in [4.69, 9.17) is 16.2 Å². The minimum Gasteiger partial charge on any atom is -0.492 e. The van der Waals surface area contributed by atoms with E-state index < -0.39 is 42.7 Å². The number of guanidine groups is 1. The largest absolute Gasteiger partial charge is 0.492 e. The molecule has 0 spiro atoms. The highest BCUT2D eigenvalue weighted by molar-refractivity contribution is 6.00. The average Bonchev–Trinajstić information content (AvgIpc) is 2.89. The number of anilines is 1. The van der Waals surface area contributed by atoms with Crippen LogP contribution in [0.1, 0.15) is 51.4 Å². The summed E-state index contributed by atoms with van der Waals surface area (Å²) in [7, 11) is 0. The number of nitrogens with two attached hydrogens (primary N) is 2. The number of carbonyl (C=O) groups excluding carboxylic acids is 3. The Morgan fingerprint density at radius 1 is 1.00 bits per heavy atom. The lowest BCUT2D eigenvalue weighted by Crippen LogP contribution is -2.51. The summed E-state index contributed by atoms with van der Waals surface area (Å²) in [5.74, 6) is -2.95. The number of nitrogens with one attached hydrogen (secondary N) is 4. The van der Waals surface area contributed by atoms with Gasteiger partial charge in [0.25, 0.3) is 5.91 Å². The third-order valence-electron chi connectivity index (χ3n) is 6.74. The van der Waals surface area contributed by atoms with Gasteiger partial charge in [0, 0.05) is 23.3 Å². The fourth-order valence-electron chi connectivity index (χ4n) is 3.42. The van der Waals surface area contributed by atoms with Crippen LogP contribution in [-0.2, 0) is 14.4 Å². The van der Waals surface area contributed by atoms with Crippen LogP contribution < -0.4 is 37.5 Å². The van der Waals surface area contributed by atoms with Crippen LogP contribution in [0.5, 0.6) is 5.75 Å². The fraction of sp³-hybridized carbons (Fsp3) is 0.414. The number of amides is 3. The Hall–Kier alpha value is -4.65. The predicted molar refractivity (Wildman–Crippen MR) is 161 cm³/mol. The molecular weight excluding hydrogens is 542 g/mol. The number of ether oxygens (including phenoxy) is 1. The number of hydrogen-bond donors (Lipinski definition) is 7. The van der Waals surface area contributed by atoms with E-state index in [2.05, 4.69) is 60.9 Å². The van der Waals surface area contributed by atoms with Crippen LogP contribution in [0.3, 0.4) is 0 Å². The first kappa shape index (κ1) is 33.6. The van der Waals surface area contributed by atoms with E-state index in [1.165, 1.54) is 12.1 Å². The lowest BCUT2D eigenvalue weighted by Gasteiger charge is -2.39. The van der Waals surface area contributed by atoms with Crippen molar-refractivity contribution in [2.45, 2.75) is 52.6 Å². The van der Waals surface area contributed by atoms with Crippen molar-refractivity contribution in [2.75, 3.05) is 25.0 Å². The van der Waals surface area contributed by atoms with E-state index in [0.717, 1.165) is 0 Å². The lowest BCUT2D eigenvalue weighted by molar-refractivity contribution is -0.139. The number of aliphatic imine (C=N–C) groups is 1. The van der Waals surface area contributed by atoms with E-state index in [-0.39, 0.29) is 22.5 Å². The summed E-state index contributed by atoms with van der Waals surface area (Å²) < 4.78 is 5.77. The summed E-state index contributed by atoms with van der Waals surface area (Å²) in [6.07, 6.45) is -0.662. The van der Waals surface area contributed by atoms with Gasteiger partial charge in [-0.2, -0.15) is 0 Å². The van der Waals surface area contributed by atoms with Gasteiger partial charge in [-0.25, -0.2) is 4.99 Å². The zero-order chi connectivity index (χ0) is 31.5. The Balaban J connectivity index is 1.90. The molecule has 2 aromatic carbocycles. The van der Waals surface area contributed by atoms with Crippen LogP contribution in [0, 0.1) is 5.41 Å². The molecular formula is C29H41N7O6. The summed E-state index contributed by atoms with van der Waals surface area (Å²) in [6, 6.07) is 11.3. The molecule has 0 heterocycles. The van der Waals surface area contributed by atoms with Gasteiger partial charge in [0.2, 0.25) is 11.8 Å². The molecule has 13 nitrogen and oxygen atoms in total. The summed E-state index contributed by atoms with van der Waals surface area (Å²) in [5.41, 5.74) is 11.6. The number of nitrogens with zero attached hydrogens (tertiary/aromatic N) is 1. The third kappa shape index (κ3) is 11.1. The SMILES string of the molecule is CC(C)(C)C(C)(C)NCCOc1ccc(NC(=O)[C@H](CC(=O)O)NC(=O)CNC(=O)c2cccc(N=C(N)N)c2)cc1. The molecule has 1 atom stereocenters. The molecule has 9 N–H and O–H groups in total. The highest BCUT2D eigenvalue weighted by atomic mass is 16.5. The molecule has 0 aliphatic carbocycles. The number of carbonyl (C=O) groups is 4. The number of rotatable bonds is 14. The first-order chi connectivity index (χ1) is 19.6. The molecule has 0 saturated carbocycles. The first-order valence-electron chi connectivity index (χ1n) is 13.4. The van der Waals surface area contributed by atoms with Crippen molar-refractivity contribution in [2.24, 2.45) is 21.9 Å². The monoisotopic (exact) mass is 583 g/mol. The summed E-state index contributed by atoms with van der Waals surface area (Å²) in [6.45, 7) is 11.4. The Morgan fingerprint density at radius 3 is 2.26 bits per heavy atom. The normalized spacial score (nSPS) is 12.0. The molecule has 0 bridgehead atoms.